The number of nitrogens with one attached hydrogen (secondary N) is 1. The summed E-state index contributed by atoms with van der Waals surface area (Å²) in [5.41, 5.74) is 7.07. The summed E-state index contributed by atoms with van der Waals surface area (Å²) >= 11 is 0. The van der Waals surface area contributed by atoms with Gasteiger partial charge in [-0.25, -0.2) is 5.90 Å². The molecule has 3 atom stereocenters. The number of rotatable bonds is 7. The van der Waals surface area contributed by atoms with Crippen LogP contribution in [0.1, 0.15) is 37.9 Å². The van der Waals surface area contributed by atoms with Gasteiger partial charge in [0.2, 0.25) is 0 Å². The number of amides is 2. The molecule has 34 heavy (non-hydrogen) atoms. The van der Waals surface area contributed by atoms with Crippen LogP contribution in [0.4, 0.5) is 13.2 Å². The Morgan fingerprint density at radius 3 is 2.56 bits per heavy atom. The van der Waals surface area contributed by atoms with Gasteiger partial charge in [0.25, 0.3) is 11.8 Å². The first-order chi connectivity index (χ1) is 16.1. The van der Waals surface area contributed by atoms with Gasteiger partial charge in [-0.1, -0.05) is 30.3 Å². The maximum atomic E-state index is 13.1. The number of morpholine rings is 1. The lowest BCUT2D eigenvalue weighted by molar-refractivity contribution is -0.228. The molecular weight excluding hydrogens is 453 g/mol. The van der Waals surface area contributed by atoms with Crippen LogP contribution in [0.3, 0.4) is 0 Å². The predicted molar refractivity (Wildman–Crippen MR) is 118 cm³/mol. The van der Waals surface area contributed by atoms with Crippen LogP contribution in [0.2, 0.25) is 0 Å². The number of alkyl halides is 3. The lowest BCUT2D eigenvalue weighted by atomic mass is 9.97. The third-order valence-electron chi connectivity index (χ3n) is 5.68. The Kier molecular flexibility index (Phi) is 8.26. The Hall–Kier alpha value is -2.99. The van der Waals surface area contributed by atoms with Gasteiger partial charge < -0.3 is 20.7 Å². The monoisotopic (exact) mass is 480 g/mol. The highest BCUT2D eigenvalue weighted by Gasteiger charge is 2.45. The molecule has 11 heteroatoms. The second-order valence-corrected chi connectivity index (χ2v) is 8.00. The van der Waals surface area contributed by atoms with E-state index in [-0.39, 0.29) is 36.2 Å². The zero-order valence-corrected chi connectivity index (χ0v) is 18.5. The van der Waals surface area contributed by atoms with E-state index in [0.29, 0.717) is 24.3 Å². The largest absolute Gasteiger partial charge is 0.418 e. The normalized spacial score (nSPS) is 18.3. The first-order valence-electron chi connectivity index (χ1n) is 10.6. The maximum Gasteiger partial charge on any atom is 0.418 e. The molecule has 0 saturated carbocycles. The fourth-order valence-electron chi connectivity index (χ4n) is 3.83. The molecule has 1 fully saturated rings. The molecule has 0 spiro atoms. The summed E-state index contributed by atoms with van der Waals surface area (Å²) in [6.45, 7) is 2.80. The van der Waals surface area contributed by atoms with Crippen LogP contribution in [0.15, 0.2) is 48.5 Å². The van der Waals surface area contributed by atoms with Crippen molar-refractivity contribution in [1.29, 1.82) is 0 Å². The van der Waals surface area contributed by atoms with E-state index in [1.165, 1.54) is 18.2 Å². The minimum atomic E-state index is -4.75. The molecule has 2 aromatic carbocycles. The number of nitrogens with two attached hydrogens (primary N) is 2. The minimum Gasteiger partial charge on any atom is -0.377 e. The van der Waals surface area contributed by atoms with Crippen molar-refractivity contribution in [1.82, 2.24) is 10.2 Å². The van der Waals surface area contributed by atoms with E-state index >= 15 is 0 Å². The average molecular weight is 480 g/mol. The quantitative estimate of drug-likeness (QED) is 0.522. The van der Waals surface area contributed by atoms with Crippen LogP contribution in [0, 0.1) is 6.92 Å². The topological polar surface area (TPSA) is 120 Å². The molecular formula is C23H27F3N4O4. The molecule has 184 valence electrons. The zero-order chi connectivity index (χ0) is 24.9. The van der Waals surface area contributed by atoms with Crippen LogP contribution < -0.4 is 16.9 Å². The number of halogens is 3. The van der Waals surface area contributed by atoms with E-state index in [1.54, 1.807) is 36.1 Å². The lowest BCUT2D eigenvalue weighted by Crippen LogP contribution is -2.53. The zero-order valence-electron chi connectivity index (χ0n) is 18.5. The standard InChI is InChI=1S/C23H27F3N4O4/c1-14-11-16(19(27)20(34-28)23(24,25)26)7-8-18(14)21(31)29-12-17-13-33-10-9-30(17)22(32)15-5-3-2-4-6-15/h2-8,11,17,19-20H,9-10,12-13,27-28H2,1H3,(H,29,31)/t17?,19-,20?/m0/s1. The highest BCUT2D eigenvalue weighted by molar-refractivity contribution is 5.96. The number of ether oxygens (including phenoxy) is 1. The predicted octanol–water partition coefficient (Wildman–Crippen LogP) is 2.09. The molecule has 3 rings (SSSR count). The first kappa shape index (κ1) is 25.6. The molecule has 0 aromatic heterocycles. The van der Waals surface area contributed by atoms with Gasteiger partial charge in [0.15, 0.2) is 6.10 Å². The first-order valence-corrected chi connectivity index (χ1v) is 10.6. The van der Waals surface area contributed by atoms with Crippen LogP contribution in [-0.2, 0) is 9.57 Å². The second kappa shape index (κ2) is 11.0. The summed E-state index contributed by atoms with van der Waals surface area (Å²) in [5, 5.41) is 2.78. The average Bonchev–Trinajstić information content (AvgIpc) is 2.82. The summed E-state index contributed by atoms with van der Waals surface area (Å²) in [5.74, 6) is 4.20. The van der Waals surface area contributed by atoms with Crippen LogP contribution >= 0.6 is 0 Å². The number of aryl methyl sites for hydroxylation is 1. The number of benzene rings is 2. The third kappa shape index (κ3) is 5.92. The fourth-order valence-corrected chi connectivity index (χ4v) is 3.83. The molecule has 5 N–H and O–H groups in total. The molecule has 2 aromatic rings. The lowest BCUT2D eigenvalue weighted by Gasteiger charge is -2.35. The fraction of sp³-hybridized carbons (Fsp3) is 0.391. The summed E-state index contributed by atoms with van der Waals surface area (Å²) < 4.78 is 44.6. The van der Waals surface area contributed by atoms with Crippen molar-refractivity contribution < 1.29 is 32.3 Å². The second-order valence-electron chi connectivity index (χ2n) is 8.00. The maximum absolute atomic E-state index is 13.1. The van der Waals surface area contributed by atoms with Crippen molar-refractivity contribution in [3.8, 4) is 0 Å². The molecule has 2 unspecified atom stereocenters. The van der Waals surface area contributed by atoms with E-state index in [4.69, 9.17) is 16.4 Å². The SMILES string of the molecule is Cc1cc([C@H](N)C(ON)C(F)(F)F)ccc1C(=O)NCC1COCCN1C(=O)c1ccccc1. The summed E-state index contributed by atoms with van der Waals surface area (Å²) in [6, 6.07) is 11.0. The smallest absolute Gasteiger partial charge is 0.377 e. The molecule has 0 aliphatic carbocycles. The molecule has 8 nitrogen and oxygen atoms in total. The van der Waals surface area contributed by atoms with Crippen LogP contribution in [-0.4, -0.2) is 61.3 Å². The van der Waals surface area contributed by atoms with E-state index in [2.05, 4.69) is 10.2 Å². The molecule has 0 bridgehead atoms. The van der Waals surface area contributed by atoms with Crippen LogP contribution in [0.25, 0.3) is 0 Å². The number of nitrogens with zero attached hydrogens (tertiary/aromatic N) is 1. The number of hydrogen-bond donors (Lipinski definition) is 3. The van der Waals surface area contributed by atoms with E-state index in [1.807, 2.05) is 6.07 Å². The number of hydrogen-bond acceptors (Lipinski definition) is 6. The highest BCUT2D eigenvalue weighted by atomic mass is 19.4. The summed E-state index contributed by atoms with van der Waals surface area (Å²) in [6.07, 6.45) is -7.13. The summed E-state index contributed by atoms with van der Waals surface area (Å²) in [7, 11) is 0. The van der Waals surface area contributed by atoms with Gasteiger partial charge in [0.1, 0.15) is 0 Å². The Labute approximate surface area is 194 Å². The van der Waals surface area contributed by atoms with E-state index in [0.717, 1.165) is 0 Å². The van der Waals surface area contributed by atoms with Crippen molar-refractivity contribution in [2.45, 2.75) is 31.3 Å². The molecule has 1 aliphatic rings. The molecule has 1 heterocycles. The number of carbonyl (C=O) groups is 2. The van der Waals surface area contributed by atoms with Gasteiger partial charge in [0, 0.05) is 24.2 Å². The van der Waals surface area contributed by atoms with Gasteiger partial charge in [-0.15, -0.1) is 0 Å². The van der Waals surface area contributed by atoms with Crippen molar-refractivity contribution in [2.75, 3.05) is 26.3 Å². The number of carbonyl (C=O) groups excluding carboxylic acids is 2. The summed E-state index contributed by atoms with van der Waals surface area (Å²) in [4.78, 5) is 31.4. The molecule has 1 aliphatic heterocycles. The van der Waals surface area contributed by atoms with Gasteiger partial charge in [0.05, 0.1) is 25.3 Å². The van der Waals surface area contributed by atoms with Gasteiger partial charge >= 0.3 is 6.18 Å². The van der Waals surface area contributed by atoms with Gasteiger partial charge in [-0.3, -0.25) is 14.4 Å². The Balaban J connectivity index is 1.67. The molecule has 2 amide bonds. The Morgan fingerprint density at radius 2 is 1.94 bits per heavy atom. The van der Waals surface area contributed by atoms with E-state index < -0.39 is 24.2 Å². The van der Waals surface area contributed by atoms with Crippen molar-refractivity contribution in [2.24, 2.45) is 11.6 Å². The van der Waals surface area contributed by atoms with Crippen molar-refractivity contribution in [3.05, 3.63) is 70.8 Å². The van der Waals surface area contributed by atoms with E-state index in [9.17, 15) is 22.8 Å². The van der Waals surface area contributed by atoms with Crippen LogP contribution in [0.5, 0.6) is 0 Å². The highest BCUT2D eigenvalue weighted by Crippen LogP contribution is 2.31. The minimum absolute atomic E-state index is 0.127. The van der Waals surface area contributed by atoms with Gasteiger partial charge in [-0.2, -0.15) is 13.2 Å². The van der Waals surface area contributed by atoms with Crippen molar-refractivity contribution in [3.63, 3.8) is 0 Å². The Morgan fingerprint density at radius 1 is 1.24 bits per heavy atom. The van der Waals surface area contributed by atoms with Crippen molar-refractivity contribution >= 4 is 11.8 Å². The Bertz CT molecular complexity index is 1000. The third-order valence-corrected chi connectivity index (χ3v) is 5.68. The molecule has 0 radical (unpaired) electrons. The van der Waals surface area contributed by atoms with Gasteiger partial charge in [-0.05, 0) is 36.2 Å². The molecule has 1 saturated heterocycles.